The molecule has 0 saturated heterocycles. The lowest BCUT2D eigenvalue weighted by molar-refractivity contribution is 0.102. The number of thiazole rings is 1. The molecule has 28 heavy (non-hydrogen) atoms. The van der Waals surface area contributed by atoms with E-state index in [1.807, 2.05) is 18.2 Å². The molecule has 2 aromatic carbocycles. The maximum absolute atomic E-state index is 12.5. The fourth-order valence-corrected chi connectivity index (χ4v) is 5.01. The highest BCUT2D eigenvalue weighted by molar-refractivity contribution is 7.89. The van der Waals surface area contributed by atoms with Gasteiger partial charge >= 0.3 is 0 Å². The molecule has 0 saturated carbocycles. The van der Waals surface area contributed by atoms with E-state index in [0.29, 0.717) is 10.7 Å². The minimum atomic E-state index is -3.57. The summed E-state index contributed by atoms with van der Waals surface area (Å²) in [5, 5.41) is 3.33. The van der Waals surface area contributed by atoms with Crippen LogP contribution < -0.4 is 5.32 Å². The van der Waals surface area contributed by atoms with Crippen molar-refractivity contribution in [1.29, 1.82) is 0 Å². The van der Waals surface area contributed by atoms with Crippen LogP contribution in [0.3, 0.4) is 0 Å². The van der Waals surface area contributed by atoms with Crippen molar-refractivity contribution in [3.8, 4) is 0 Å². The molecule has 1 aromatic heterocycles. The molecule has 0 atom stereocenters. The summed E-state index contributed by atoms with van der Waals surface area (Å²) in [6.07, 6.45) is 0.870. The number of benzene rings is 2. The molecule has 0 radical (unpaired) electrons. The number of fused-ring (bicyclic) bond motifs is 1. The van der Waals surface area contributed by atoms with E-state index in [1.54, 1.807) is 13.8 Å². The zero-order valence-corrected chi connectivity index (χ0v) is 17.9. The number of carbonyl (C=O) groups excluding carboxylic acids is 1. The second-order valence-corrected chi connectivity index (χ2v) is 9.76. The SMILES string of the molecule is CCc1cccc2sc(NC(=O)c3ccc(S(=O)(=O)N(C)C(C)C)cc3)nc12. The van der Waals surface area contributed by atoms with E-state index >= 15 is 0 Å². The maximum Gasteiger partial charge on any atom is 0.257 e. The molecule has 148 valence electrons. The molecule has 0 bridgehead atoms. The van der Waals surface area contributed by atoms with Gasteiger partial charge in [0.25, 0.3) is 5.91 Å². The third-order valence-corrected chi connectivity index (χ3v) is 7.61. The normalized spacial score (nSPS) is 12.1. The topological polar surface area (TPSA) is 79.4 Å². The minimum Gasteiger partial charge on any atom is -0.298 e. The van der Waals surface area contributed by atoms with Crippen LogP contribution in [0.1, 0.15) is 36.7 Å². The van der Waals surface area contributed by atoms with Crippen molar-refractivity contribution in [3.63, 3.8) is 0 Å². The molecule has 3 rings (SSSR count). The predicted molar refractivity (Wildman–Crippen MR) is 113 cm³/mol. The highest BCUT2D eigenvalue weighted by Crippen LogP contribution is 2.29. The largest absolute Gasteiger partial charge is 0.298 e. The first-order valence-corrected chi connectivity index (χ1v) is 11.3. The zero-order chi connectivity index (χ0) is 20.5. The summed E-state index contributed by atoms with van der Waals surface area (Å²) < 4.78 is 27.4. The smallest absolute Gasteiger partial charge is 0.257 e. The van der Waals surface area contributed by atoms with Crippen LogP contribution >= 0.6 is 11.3 Å². The predicted octanol–water partition coefficient (Wildman–Crippen LogP) is 4.14. The van der Waals surface area contributed by atoms with Gasteiger partial charge in [0, 0.05) is 18.7 Å². The second-order valence-electron chi connectivity index (χ2n) is 6.73. The number of anilines is 1. The molecule has 0 unspecified atom stereocenters. The van der Waals surface area contributed by atoms with Crippen LogP contribution in [0.2, 0.25) is 0 Å². The van der Waals surface area contributed by atoms with Crippen LogP contribution in [0.5, 0.6) is 0 Å². The molecule has 0 spiro atoms. The molecule has 3 aromatic rings. The van der Waals surface area contributed by atoms with Gasteiger partial charge in [-0.1, -0.05) is 30.4 Å². The van der Waals surface area contributed by atoms with Crippen molar-refractivity contribution in [3.05, 3.63) is 53.6 Å². The molecule has 0 aliphatic rings. The Balaban J connectivity index is 1.80. The van der Waals surface area contributed by atoms with E-state index in [1.165, 1.54) is 47.0 Å². The van der Waals surface area contributed by atoms with E-state index in [9.17, 15) is 13.2 Å². The summed E-state index contributed by atoms with van der Waals surface area (Å²) in [6, 6.07) is 11.8. The lowest BCUT2D eigenvalue weighted by atomic mass is 10.1. The van der Waals surface area contributed by atoms with Crippen LogP contribution in [0, 0.1) is 0 Å². The third-order valence-electron chi connectivity index (χ3n) is 4.62. The van der Waals surface area contributed by atoms with Crippen molar-refractivity contribution in [2.45, 2.75) is 38.1 Å². The van der Waals surface area contributed by atoms with E-state index in [2.05, 4.69) is 17.2 Å². The zero-order valence-electron chi connectivity index (χ0n) is 16.3. The van der Waals surface area contributed by atoms with Gasteiger partial charge in [0.1, 0.15) is 0 Å². The van der Waals surface area contributed by atoms with Gasteiger partial charge in [-0.3, -0.25) is 10.1 Å². The Kier molecular flexibility index (Phi) is 5.83. The van der Waals surface area contributed by atoms with Crippen molar-refractivity contribution in [2.24, 2.45) is 0 Å². The van der Waals surface area contributed by atoms with Gasteiger partial charge < -0.3 is 0 Å². The molecule has 0 fully saturated rings. The van der Waals surface area contributed by atoms with E-state index in [4.69, 9.17) is 0 Å². The van der Waals surface area contributed by atoms with Crippen molar-refractivity contribution < 1.29 is 13.2 Å². The first-order valence-electron chi connectivity index (χ1n) is 9.02. The number of carbonyl (C=O) groups is 1. The Morgan fingerprint density at radius 2 is 1.86 bits per heavy atom. The molecular formula is C20H23N3O3S2. The molecule has 1 N–H and O–H groups in total. The van der Waals surface area contributed by atoms with Crippen LogP contribution in [0.25, 0.3) is 10.2 Å². The molecule has 6 nitrogen and oxygen atoms in total. The summed E-state index contributed by atoms with van der Waals surface area (Å²) in [4.78, 5) is 17.2. The second kappa shape index (κ2) is 7.98. The number of nitrogens with zero attached hydrogens (tertiary/aromatic N) is 2. The standard InChI is InChI=1S/C20H23N3O3S2/c1-5-14-7-6-8-17-18(14)21-20(27-17)22-19(24)15-9-11-16(12-10-15)28(25,26)23(4)13(2)3/h6-13H,5H2,1-4H3,(H,21,22,24). The Hall–Kier alpha value is -2.29. The number of sulfonamides is 1. The van der Waals surface area contributed by atoms with Crippen LogP contribution in [-0.2, 0) is 16.4 Å². The maximum atomic E-state index is 12.5. The van der Waals surface area contributed by atoms with Crippen LogP contribution in [0.15, 0.2) is 47.4 Å². The Bertz CT molecular complexity index is 1100. The molecular weight excluding hydrogens is 394 g/mol. The van der Waals surface area contributed by atoms with Crippen LogP contribution in [-0.4, -0.2) is 36.7 Å². The summed E-state index contributed by atoms with van der Waals surface area (Å²) in [6.45, 7) is 5.68. The van der Waals surface area contributed by atoms with Crippen molar-refractivity contribution >= 4 is 42.6 Å². The number of amides is 1. The number of para-hydroxylation sites is 1. The molecule has 1 amide bonds. The Labute approximate surface area is 169 Å². The van der Waals surface area contributed by atoms with Gasteiger partial charge in [-0.25, -0.2) is 13.4 Å². The number of rotatable bonds is 6. The highest BCUT2D eigenvalue weighted by atomic mass is 32.2. The van der Waals surface area contributed by atoms with E-state index in [0.717, 1.165) is 22.2 Å². The van der Waals surface area contributed by atoms with Gasteiger partial charge in [-0.15, -0.1) is 0 Å². The van der Waals surface area contributed by atoms with Gasteiger partial charge in [0.15, 0.2) is 5.13 Å². The van der Waals surface area contributed by atoms with Gasteiger partial charge in [-0.2, -0.15) is 4.31 Å². The number of nitrogens with one attached hydrogen (secondary N) is 1. The minimum absolute atomic E-state index is 0.153. The molecule has 0 aliphatic carbocycles. The fraction of sp³-hybridized carbons (Fsp3) is 0.300. The number of aryl methyl sites for hydroxylation is 1. The molecule has 1 heterocycles. The Morgan fingerprint density at radius 1 is 1.18 bits per heavy atom. The van der Waals surface area contributed by atoms with Crippen molar-refractivity contribution in [2.75, 3.05) is 12.4 Å². The summed E-state index contributed by atoms with van der Waals surface area (Å²) >= 11 is 1.42. The first kappa shape index (κ1) is 20.4. The first-order chi connectivity index (χ1) is 13.2. The monoisotopic (exact) mass is 417 g/mol. The molecule has 8 heteroatoms. The van der Waals surface area contributed by atoms with Gasteiger partial charge in [0.2, 0.25) is 10.0 Å². The quantitative estimate of drug-likeness (QED) is 0.654. The van der Waals surface area contributed by atoms with Crippen LogP contribution in [0.4, 0.5) is 5.13 Å². The molecule has 0 aliphatic heterocycles. The highest BCUT2D eigenvalue weighted by Gasteiger charge is 2.23. The average molecular weight is 418 g/mol. The van der Waals surface area contributed by atoms with Gasteiger partial charge in [-0.05, 0) is 56.2 Å². The van der Waals surface area contributed by atoms with E-state index < -0.39 is 10.0 Å². The number of aromatic nitrogens is 1. The Morgan fingerprint density at radius 3 is 2.46 bits per heavy atom. The summed E-state index contributed by atoms with van der Waals surface area (Å²) in [5.74, 6) is -0.321. The average Bonchev–Trinajstić information content (AvgIpc) is 3.09. The van der Waals surface area contributed by atoms with Gasteiger partial charge in [0.05, 0.1) is 15.1 Å². The lowest BCUT2D eigenvalue weighted by Crippen LogP contribution is -2.33. The third kappa shape index (κ3) is 3.94. The number of hydrogen-bond donors (Lipinski definition) is 1. The van der Waals surface area contributed by atoms with E-state index in [-0.39, 0.29) is 16.8 Å². The fourth-order valence-electron chi connectivity index (χ4n) is 2.74. The number of hydrogen-bond acceptors (Lipinski definition) is 5. The summed E-state index contributed by atoms with van der Waals surface area (Å²) in [7, 11) is -2.03. The lowest BCUT2D eigenvalue weighted by Gasteiger charge is -2.20. The van der Waals surface area contributed by atoms with Crippen molar-refractivity contribution in [1.82, 2.24) is 9.29 Å². The summed E-state index contributed by atoms with van der Waals surface area (Å²) in [5.41, 5.74) is 2.42.